The van der Waals surface area contributed by atoms with Crippen LogP contribution in [0.5, 0.6) is 5.75 Å². The molecule has 1 aromatic heterocycles. The fraction of sp³-hybridized carbons (Fsp3) is 0.400. The van der Waals surface area contributed by atoms with E-state index >= 15 is 0 Å². The van der Waals surface area contributed by atoms with Crippen LogP contribution in [0.25, 0.3) is 11.0 Å². The molecule has 0 aliphatic carbocycles. The fourth-order valence-electron chi connectivity index (χ4n) is 2.02. The second-order valence-corrected chi connectivity index (χ2v) is 4.48. The summed E-state index contributed by atoms with van der Waals surface area (Å²) >= 11 is 0. The van der Waals surface area contributed by atoms with E-state index in [-0.39, 0.29) is 18.6 Å². The lowest BCUT2D eigenvalue weighted by Gasteiger charge is -2.10. The second kappa shape index (κ2) is 6.43. The van der Waals surface area contributed by atoms with Crippen LogP contribution in [0.15, 0.2) is 28.7 Å². The Morgan fingerprint density at radius 2 is 2.25 bits per heavy atom. The zero-order valence-corrected chi connectivity index (χ0v) is 11.9. The summed E-state index contributed by atoms with van der Waals surface area (Å²) < 4.78 is 16.1. The Kier molecular flexibility index (Phi) is 4.63. The number of nitrogens with one attached hydrogen (secondary N) is 1. The van der Waals surface area contributed by atoms with Crippen LogP contribution < -0.4 is 10.1 Å². The van der Waals surface area contributed by atoms with E-state index in [1.165, 1.54) is 7.11 Å². The molecular formula is C15H19NO4. The molecule has 0 bridgehead atoms. The summed E-state index contributed by atoms with van der Waals surface area (Å²) in [6, 6.07) is 7.43. The minimum Gasteiger partial charge on any atom is -0.490 e. The number of rotatable bonds is 6. The lowest BCUT2D eigenvalue weighted by Crippen LogP contribution is -2.29. The van der Waals surface area contributed by atoms with Crippen LogP contribution in [0.1, 0.15) is 25.6 Å². The molecule has 0 aliphatic heterocycles. The van der Waals surface area contributed by atoms with Crippen molar-refractivity contribution in [2.75, 3.05) is 20.3 Å². The summed E-state index contributed by atoms with van der Waals surface area (Å²) in [5.74, 6) is 1.23. The van der Waals surface area contributed by atoms with Gasteiger partial charge in [0.05, 0.1) is 12.6 Å². The molecule has 1 atom stereocenters. The number of benzene rings is 1. The predicted octanol–water partition coefficient (Wildman–Crippen LogP) is 2.66. The highest BCUT2D eigenvalue weighted by Crippen LogP contribution is 2.31. The largest absolute Gasteiger partial charge is 0.490 e. The van der Waals surface area contributed by atoms with E-state index in [4.69, 9.17) is 13.9 Å². The average molecular weight is 277 g/mol. The van der Waals surface area contributed by atoms with Gasteiger partial charge in [-0.1, -0.05) is 12.1 Å². The molecule has 0 fully saturated rings. The van der Waals surface area contributed by atoms with Gasteiger partial charge in [-0.25, -0.2) is 0 Å². The van der Waals surface area contributed by atoms with Crippen molar-refractivity contribution in [1.82, 2.24) is 5.32 Å². The second-order valence-electron chi connectivity index (χ2n) is 4.48. The molecule has 1 aromatic carbocycles. The van der Waals surface area contributed by atoms with Crippen molar-refractivity contribution < 1.29 is 18.7 Å². The molecule has 0 radical (unpaired) electrons. The predicted molar refractivity (Wildman–Crippen MR) is 75.8 cm³/mol. The van der Waals surface area contributed by atoms with Crippen molar-refractivity contribution in [1.29, 1.82) is 0 Å². The molecule has 5 heteroatoms. The average Bonchev–Trinajstić information content (AvgIpc) is 2.84. The molecule has 2 rings (SSSR count). The Morgan fingerprint density at radius 3 is 2.95 bits per heavy atom. The number of furan rings is 1. The number of fused-ring (bicyclic) bond motifs is 1. The number of hydrogen-bond donors (Lipinski definition) is 1. The summed E-state index contributed by atoms with van der Waals surface area (Å²) in [4.78, 5) is 11.5. The molecule has 108 valence electrons. The molecule has 20 heavy (non-hydrogen) atoms. The number of hydrogen-bond acceptors (Lipinski definition) is 4. The lowest BCUT2D eigenvalue weighted by molar-refractivity contribution is -0.125. The quantitative estimate of drug-likeness (QED) is 0.881. The molecule has 1 N–H and O–H groups in total. The maximum absolute atomic E-state index is 11.5. The number of methoxy groups -OCH3 is 1. The van der Waals surface area contributed by atoms with E-state index in [2.05, 4.69) is 5.32 Å². The highest BCUT2D eigenvalue weighted by atomic mass is 16.5. The van der Waals surface area contributed by atoms with Crippen molar-refractivity contribution in [3.05, 3.63) is 30.0 Å². The van der Waals surface area contributed by atoms with Crippen molar-refractivity contribution in [2.45, 2.75) is 19.9 Å². The summed E-state index contributed by atoms with van der Waals surface area (Å²) in [6.45, 7) is 4.41. The van der Waals surface area contributed by atoms with E-state index in [1.54, 1.807) is 0 Å². The zero-order valence-electron chi connectivity index (χ0n) is 11.9. The maximum Gasteiger partial charge on any atom is 0.246 e. The van der Waals surface area contributed by atoms with Crippen molar-refractivity contribution >= 4 is 16.9 Å². The van der Waals surface area contributed by atoms with Gasteiger partial charge in [-0.05, 0) is 26.0 Å². The Balaban J connectivity index is 2.22. The molecule has 0 aliphatic rings. The normalized spacial score (nSPS) is 12.3. The van der Waals surface area contributed by atoms with Gasteiger partial charge in [-0.2, -0.15) is 0 Å². The van der Waals surface area contributed by atoms with Crippen LogP contribution in [-0.4, -0.2) is 26.2 Å². The third kappa shape index (κ3) is 3.11. The van der Waals surface area contributed by atoms with Crippen LogP contribution in [0.4, 0.5) is 0 Å². The number of amides is 1. The van der Waals surface area contributed by atoms with Crippen molar-refractivity contribution in [3.63, 3.8) is 0 Å². The third-order valence-corrected chi connectivity index (χ3v) is 2.91. The van der Waals surface area contributed by atoms with Crippen LogP contribution in [0.3, 0.4) is 0 Å². The van der Waals surface area contributed by atoms with Crippen LogP contribution >= 0.6 is 0 Å². The third-order valence-electron chi connectivity index (χ3n) is 2.91. The minimum atomic E-state index is -0.223. The summed E-state index contributed by atoms with van der Waals surface area (Å²) in [5, 5.41) is 3.77. The van der Waals surface area contributed by atoms with Crippen molar-refractivity contribution in [2.24, 2.45) is 0 Å². The Morgan fingerprint density at radius 1 is 1.45 bits per heavy atom. The Bertz CT molecular complexity index is 591. The summed E-state index contributed by atoms with van der Waals surface area (Å²) in [6.07, 6.45) is 0. The number of carbonyl (C=O) groups excluding carboxylic acids is 1. The maximum atomic E-state index is 11.5. The van der Waals surface area contributed by atoms with E-state index < -0.39 is 0 Å². The van der Waals surface area contributed by atoms with Gasteiger partial charge in [0.1, 0.15) is 12.4 Å². The van der Waals surface area contributed by atoms with Gasteiger partial charge in [0, 0.05) is 12.5 Å². The topological polar surface area (TPSA) is 60.7 Å². The highest BCUT2D eigenvalue weighted by Gasteiger charge is 2.15. The van der Waals surface area contributed by atoms with Crippen LogP contribution in [-0.2, 0) is 9.53 Å². The molecule has 0 spiro atoms. The standard InChI is InChI=1S/C15H19NO4/c1-4-19-12-7-5-6-11-8-13(20-15(11)12)10(2)16-14(17)9-18-3/h5-8,10H,4,9H2,1-3H3,(H,16,17). The van der Waals surface area contributed by atoms with Gasteiger partial charge in [0.2, 0.25) is 5.91 Å². The van der Waals surface area contributed by atoms with E-state index in [0.717, 1.165) is 5.39 Å². The van der Waals surface area contributed by atoms with Gasteiger partial charge in [0.25, 0.3) is 0 Å². The summed E-state index contributed by atoms with van der Waals surface area (Å²) in [5.41, 5.74) is 0.706. The Labute approximate surface area is 117 Å². The first-order chi connectivity index (χ1) is 9.65. The van der Waals surface area contributed by atoms with Gasteiger partial charge >= 0.3 is 0 Å². The number of para-hydroxylation sites is 1. The zero-order chi connectivity index (χ0) is 14.5. The Hall–Kier alpha value is -2.01. The highest BCUT2D eigenvalue weighted by molar-refractivity contribution is 5.84. The van der Waals surface area contributed by atoms with E-state index in [1.807, 2.05) is 38.1 Å². The lowest BCUT2D eigenvalue weighted by atomic mass is 10.2. The van der Waals surface area contributed by atoms with Crippen LogP contribution in [0.2, 0.25) is 0 Å². The molecule has 0 saturated heterocycles. The SMILES string of the molecule is CCOc1cccc2cc(C(C)NC(=O)COC)oc12. The first-order valence-electron chi connectivity index (χ1n) is 6.59. The minimum absolute atomic E-state index is 0.0365. The fourth-order valence-corrected chi connectivity index (χ4v) is 2.02. The van der Waals surface area contributed by atoms with Gasteiger partial charge in [0.15, 0.2) is 11.3 Å². The van der Waals surface area contributed by atoms with Crippen LogP contribution in [0, 0.1) is 0 Å². The first-order valence-corrected chi connectivity index (χ1v) is 6.59. The molecule has 1 unspecified atom stereocenters. The molecular weight excluding hydrogens is 258 g/mol. The molecule has 5 nitrogen and oxygen atoms in total. The molecule has 1 heterocycles. The van der Waals surface area contributed by atoms with Crippen molar-refractivity contribution in [3.8, 4) is 5.75 Å². The first kappa shape index (κ1) is 14.4. The number of ether oxygens (including phenoxy) is 2. The van der Waals surface area contributed by atoms with E-state index in [9.17, 15) is 4.79 Å². The van der Waals surface area contributed by atoms with Gasteiger partial charge in [-0.15, -0.1) is 0 Å². The monoisotopic (exact) mass is 277 g/mol. The smallest absolute Gasteiger partial charge is 0.246 e. The summed E-state index contributed by atoms with van der Waals surface area (Å²) in [7, 11) is 1.49. The van der Waals surface area contributed by atoms with E-state index in [0.29, 0.717) is 23.7 Å². The van der Waals surface area contributed by atoms with Gasteiger partial charge < -0.3 is 19.2 Å². The number of carbonyl (C=O) groups is 1. The molecule has 0 saturated carbocycles. The molecule has 1 amide bonds. The van der Waals surface area contributed by atoms with Gasteiger partial charge in [-0.3, -0.25) is 4.79 Å². The molecule has 2 aromatic rings.